The molecule has 1 heterocycles. The van der Waals surface area contributed by atoms with Crippen molar-refractivity contribution in [3.05, 3.63) is 0 Å². The molecule has 0 aliphatic carbocycles. The van der Waals surface area contributed by atoms with Crippen molar-refractivity contribution in [1.29, 1.82) is 0 Å². The van der Waals surface area contributed by atoms with E-state index in [1.165, 1.54) is 23.1 Å². The number of nitrogens with zero attached hydrogens (tertiary/aromatic N) is 2. The third kappa shape index (κ3) is 6.46. The van der Waals surface area contributed by atoms with Gasteiger partial charge in [0.15, 0.2) is 4.34 Å². The van der Waals surface area contributed by atoms with Crippen molar-refractivity contribution in [3.8, 4) is 0 Å². The Kier molecular flexibility index (Phi) is 7.45. The average Bonchev–Trinajstić information content (AvgIpc) is 2.74. The molecular weight excluding hydrogens is 290 g/mol. The van der Waals surface area contributed by atoms with Crippen LogP contribution in [0.4, 0.5) is 5.13 Å². The molecule has 0 aliphatic rings. The van der Waals surface area contributed by atoms with E-state index in [2.05, 4.69) is 29.4 Å². The highest BCUT2D eigenvalue weighted by Gasteiger charge is 2.09. The zero-order valence-corrected chi connectivity index (χ0v) is 12.8. The summed E-state index contributed by atoms with van der Waals surface area (Å²) in [5, 5.41) is 20.5. The molecule has 1 atom stereocenters. The van der Waals surface area contributed by atoms with E-state index in [0.717, 1.165) is 23.1 Å². The van der Waals surface area contributed by atoms with Crippen molar-refractivity contribution in [2.45, 2.75) is 30.6 Å². The van der Waals surface area contributed by atoms with Gasteiger partial charge in [-0.1, -0.05) is 30.0 Å². The maximum atomic E-state index is 10.4. The molecule has 1 aromatic heterocycles. The van der Waals surface area contributed by atoms with Crippen LogP contribution in [0.2, 0.25) is 0 Å². The summed E-state index contributed by atoms with van der Waals surface area (Å²) in [6, 6.07) is 0.356. The van der Waals surface area contributed by atoms with E-state index in [-0.39, 0.29) is 5.75 Å². The van der Waals surface area contributed by atoms with Crippen LogP contribution in [-0.4, -0.2) is 44.6 Å². The van der Waals surface area contributed by atoms with Crippen molar-refractivity contribution in [2.24, 2.45) is 0 Å². The lowest BCUT2D eigenvalue weighted by atomic mass is 10.3. The zero-order chi connectivity index (χ0) is 13.4. The first-order valence-corrected chi connectivity index (χ1v) is 8.60. The van der Waals surface area contributed by atoms with Crippen LogP contribution in [0.5, 0.6) is 0 Å². The van der Waals surface area contributed by atoms with E-state index in [1.807, 2.05) is 11.8 Å². The van der Waals surface area contributed by atoms with E-state index in [1.54, 1.807) is 0 Å². The molecule has 0 saturated heterocycles. The molecule has 2 N–H and O–H groups in total. The Bertz CT molecular complexity index is 373. The minimum absolute atomic E-state index is 0.0251. The highest BCUT2D eigenvalue weighted by molar-refractivity contribution is 8.01. The van der Waals surface area contributed by atoms with Crippen molar-refractivity contribution in [3.63, 3.8) is 0 Å². The number of anilines is 1. The summed E-state index contributed by atoms with van der Waals surface area (Å²) in [5.74, 6) is 1.46. The Balaban J connectivity index is 2.31. The number of hydrogen-bond acceptors (Lipinski definition) is 7. The van der Waals surface area contributed by atoms with Crippen molar-refractivity contribution in [1.82, 2.24) is 10.2 Å². The summed E-state index contributed by atoms with van der Waals surface area (Å²) in [5.41, 5.74) is 0. The predicted molar refractivity (Wildman–Crippen MR) is 79.0 cm³/mol. The third-order valence-corrected chi connectivity index (χ3v) is 4.90. The first-order chi connectivity index (χ1) is 8.61. The summed E-state index contributed by atoms with van der Waals surface area (Å²) in [6.07, 6.45) is 1.08. The molecule has 0 amide bonds. The van der Waals surface area contributed by atoms with Gasteiger partial charge in [-0.25, -0.2) is 0 Å². The molecule has 5 nitrogen and oxygen atoms in total. The van der Waals surface area contributed by atoms with Gasteiger partial charge < -0.3 is 10.4 Å². The van der Waals surface area contributed by atoms with Crippen molar-refractivity contribution >= 4 is 46.0 Å². The summed E-state index contributed by atoms with van der Waals surface area (Å²) in [6.45, 7) is 4.27. The number of hydrogen-bond donors (Lipinski definition) is 2. The summed E-state index contributed by atoms with van der Waals surface area (Å²) in [7, 11) is 0. The number of carboxylic acids is 1. The van der Waals surface area contributed by atoms with Gasteiger partial charge in [0.1, 0.15) is 0 Å². The molecule has 1 rings (SSSR count). The van der Waals surface area contributed by atoms with Gasteiger partial charge in [0.2, 0.25) is 5.13 Å². The average molecular weight is 307 g/mol. The van der Waals surface area contributed by atoms with Crippen molar-refractivity contribution < 1.29 is 9.90 Å². The number of aliphatic carboxylic acids is 1. The number of carbonyl (C=O) groups is 1. The standard InChI is InChI=1S/C10H17N3O2S3/c1-3-16-5-4-7(2)11-9-12-13-10(18-9)17-6-8(14)15/h7H,3-6H2,1-2H3,(H,11,12)(H,14,15). The zero-order valence-electron chi connectivity index (χ0n) is 10.4. The van der Waals surface area contributed by atoms with Crippen LogP contribution >= 0.6 is 34.9 Å². The fourth-order valence-corrected chi connectivity index (χ4v) is 3.53. The lowest BCUT2D eigenvalue weighted by molar-refractivity contribution is -0.133. The van der Waals surface area contributed by atoms with Gasteiger partial charge in [-0.3, -0.25) is 4.79 Å². The van der Waals surface area contributed by atoms with Gasteiger partial charge in [0.25, 0.3) is 0 Å². The molecule has 0 saturated carbocycles. The van der Waals surface area contributed by atoms with E-state index < -0.39 is 5.97 Å². The van der Waals surface area contributed by atoms with Gasteiger partial charge in [0.05, 0.1) is 5.75 Å². The summed E-state index contributed by atoms with van der Waals surface area (Å²) >= 11 is 4.52. The lowest BCUT2D eigenvalue weighted by Crippen LogP contribution is -2.15. The fraction of sp³-hybridized carbons (Fsp3) is 0.700. The van der Waals surface area contributed by atoms with Crippen LogP contribution in [0.15, 0.2) is 4.34 Å². The first-order valence-electron chi connectivity index (χ1n) is 5.64. The lowest BCUT2D eigenvalue weighted by Gasteiger charge is -2.11. The Morgan fingerprint density at radius 2 is 2.33 bits per heavy atom. The molecule has 102 valence electrons. The number of aromatic nitrogens is 2. The van der Waals surface area contributed by atoms with Crippen LogP contribution in [0.1, 0.15) is 20.3 Å². The van der Waals surface area contributed by atoms with E-state index >= 15 is 0 Å². The SMILES string of the molecule is CCSCCC(C)Nc1nnc(SCC(=O)O)s1. The number of nitrogens with one attached hydrogen (secondary N) is 1. The molecule has 8 heteroatoms. The minimum Gasteiger partial charge on any atom is -0.481 e. The quantitative estimate of drug-likeness (QED) is 0.536. The number of thioether (sulfide) groups is 2. The topological polar surface area (TPSA) is 75.1 Å². The molecule has 0 spiro atoms. The highest BCUT2D eigenvalue weighted by Crippen LogP contribution is 2.25. The van der Waals surface area contributed by atoms with Crippen LogP contribution in [-0.2, 0) is 4.79 Å². The summed E-state index contributed by atoms with van der Waals surface area (Å²) < 4.78 is 0.690. The maximum Gasteiger partial charge on any atom is 0.313 e. The number of rotatable bonds is 9. The molecule has 0 radical (unpaired) electrons. The van der Waals surface area contributed by atoms with Gasteiger partial charge in [0, 0.05) is 6.04 Å². The third-order valence-electron chi connectivity index (χ3n) is 1.99. The fourth-order valence-electron chi connectivity index (χ4n) is 1.14. The van der Waals surface area contributed by atoms with Gasteiger partial charge >= 0.3 is 5.97 Å². The Labute approximate surface area is 119 Å². The summed E-state index contributed by atoms with van der Waals surface area (Å²) in [4.78, 5) is 10.4. The normalized spacial score (nSPS) is 12.3. The minimum atomic E-state index is -0.838. The van der Waals surface area contributed by atoms with Crippen LogP contribution in [0.25, 0.3) is 0 Å². The smallest absolute Gasteiger partial charge is 0.313 e. The van der Waals surface area contributed by atoms with Crippen LogP contribution < -0.4 is 5.32 Å². The first kappa shape index (κ1) is 15.6. The van der Waals surface area contributed by atoms with Crippen LogP contribution in [0, 0.1) is 0 Å². The van der Waals surface area contributed by atoms with E-state index in [9.17, 15) is 4.79 Å². The van der Waals surface area contributed by atoms with Gasteiger partial charge in [-0.15, -0.1) is 10.2 Å². The molecule has 0 bridgehead atoms. The van der Waals surface area contributed by atoms with Gasteiger partial charge in [-0.05, 0) is 24.9 Å². The monoisotopic (exact) mass is 307 g/mol. The molecule has 0 aliphatic heterocycles. The second kappa shape index (κ2) is 8.60. The highest BCUT2D eigenvalue weighted by atomic mass is 32.2. The molecule has 1 unspecified atom stereocenters. The van der Waals surface area contributed by atoms with Crippen LogP contribution in [0.3, 0.4) is 0 Å². The van der Waals surface area contributed by atoms with E-state index in [0.29, 0.717) is 10.4 Å². The van der Waals surface area contributed by atoms with E-state index in [4.69, 9.17) is 5.11 Å². The number of carboxylic acid groups (broad SMARTS) is 1. The molecule has 0 fully saturated rings. The second-order valence-corrected chi connectivity index (χ2v) is 7.18. The Morgan fingerprint density at radius 1 is 1.56 bits per heavy atom. The second-order valence-electron chi connectivity index (χ2n) is 3.59. The molecule has 1 aromatic rings. The molecule has 0 aromatic carbocycles. The Morgan fingerprint density at radius 3 is 3.00 bits per heavy atom. The Hall–Kier alpha value is -0.470. The van der Waals surface area contributed by atoms with Crippen molar-refractivity contribution in [2.75, 3.05) is 22.6 Å². The largest absolute Gasteiger partial charge is 0.481 e. The molecular formula is C10H17N3O2S3. The predicted octanol–water partition coefficient (Wildman–Crippen LogP) is 2.66. The molecule has 18 heavy (non-hydrogen) atoms. The van der Waals surface area contributed by atoms with Gasteiger partial charge in [-0.2, -0.15) is 11.8 Å². The maximum absolute atomic E-state index is 10.4.